The lowest BCUT2D eigenvalue weighted by atomic mass is 10.2. The molecule has 5 heteroatoms. The van der Waals surface area contributed by atoms with E-state index in [1.54, 1.807) is 19.1 Å². The summed E-state index contributed by atoms with van der Waals surface area (Å²) >= 11 is 0. The molecular formula is C15H20N2O3. The van der Waals surface area contributed by atoms with Crippen molar-refractivity contribution in [2.45, 2.75) is 20.0 Å². The van der Waals surface area contributed by atoms with E-state index in [0.717, 1.165) is 5.56 Å². The van der Waals surface area contributed by atoms with Crippen molar-refractivity contribution in [3.05, 3.63) is 42.5 Å². The van der Waals surface area contributed by atoms with E-state index >= 15 is 0 Å². The largest absolute Gasteiger partial charge is 0.481 e. The van der Waals surface area contributed by atoms with E-state index in [1.807, 2.05) is 25.1 Å². The Morgan fingerprint density at radius 2 is 2.15 bits per heavy atom. The monoisotopic (exact) mass is 276 g/mol. The van der Waals surface area contributed by atoms with Crippen molar-refractivity contribution in [1.82, 2.24) is 10.6 Å². The van der Waals surface area contributed by atoms with Gasteiger partial charge in [0.25, 0.3) is 5.91 Å². The number of hydrogen-bond donors (Lipinski definition) is 2. The van der Waals surface area contributed by atoms with E-state index in [9.17, 15) is 9.59 Å². The summed E-state index contributed by atoms with van der Waals surface area (Å²) in [6.45, 7) is 7.38. The van der Waals surface area contributed by atoms with Gasteiger partial charge in [0.1, 0.15) is 5.75 Å². The second-order valence-electron chi connectivity index (χ2n) is 4.39. The van der Waals surface area contributed by atoms with Crippen molar-refractivity contribution in [1.29, 1.82) is 0 Å². The Kier molecular flexibility index (Phi) is 6.29. The molecule has 2 N–H and O–H groups in total. The molecule has 0 radical (unpaired) electrons. The molecule has 1 aromatic carbocycles. The predicted octanol–water partition coefficient (Wildman–Crippen LogP) is 1.18. The van der Waals surface area contributed by atoms with Gasteiger partial charge in [-0.25, -0.2) is 0 Å². The lowest BCUT2D eigenvalue weighted by molar-refractivity contribution is -0.130. The Hall–Kier alpha value is -2.30. The molecule has 0 spiro atoms. The number of nitrogens with one attached hydrogen (secondary N) is 2. The molecule has 5 nitrogen and oxygen atoms in total. The van der Waals surface area contributed by atoms with Crippen LogP contribution in [0.1, 0.15) is 12.5 Å². The van der Waals surface area contributed by atoms with Gasteiger partial charge in [-0.3, -0.25) is 9.59 Å². The van der Waals surface area contributed by atoms with Crippen LogP contribution in [0.15, 0.2) is 36.9 Å². The Morgan fingerprint density at radius 3 is 2.80 bits per heavy atom. The fourth-order valence-corrected chi connectivity index (χ4v) is 1.51. The second-order valence-corrected chi connectivity index (χ2v) is 4.39. The van der Waals surface area contributed by atoms with E-state index < -0.39 is 6.10 Å². The summed E-state index contributed by atoms with van der Waals surface area (Å²) in [6, 6.07) is 7.44. The third-order valence-corrected chi connectivity index (χ3v) is 2.54. The third-order valence-electron chi connectivity index (χ3n) is 2.54. The van der Waals surface area contributed by atoms with Gasteiger partial charge < -0.3 is 15.4 Å². The van der Waals surface area contributed by atoms with Crippen LogP contribution in [0.25, 0.3) is 0 Å². The quantitative estimate of drug-likeness (QED) is 0.735. The van der Waals surface area contributed by atoms with Crippen molar-refractivity contribution >= 4 is 11.8 Å². The molecule has 1 atom stereocenters. The molecule has 0 aliphatic carbocycles. The van der Waals surface area contributed by atoms with Crippen molar-refractivity contribution < 1.29 is 14.3 Å². The lowest BCUT2D eigenvalue weighted by Crippen LogP contribution is -2.42. The van der Waals surface area contributed by atoms with Gasteiger partial charge in [0.15, 0.2) is 6.10 Å². The first-order valence-electron chi connectivity index (χ1n) is 6.41. The van der Waals surface area contributed by atoms with Gasteiger partial charge in [0.05, 0.1) is 6.54 Å². The number of rotatable bonds is 7. The summed E-state index contributed by atoms with van der Waals surface area (Å²) in [5, 5.41) is 5.09. The molecule has 20 heavy (non-hydrogen) atoms. The second kappa shape index (κ2) is 7.99. The maximum absolute atomic E-state index is 11.8. The molecule has 1 aromatic rings. The molecule has 0 aromatic heterocycles. The first kappa shape index (κ1) is 15.8. The summed E-state index contributed by atoms with van der Waals surface area (Å²) in [5.41, 5.74) is 1.05. The number of ether oxygens (including phenoxy) is 1. The standard InChI is InChI=1S/C15H20N2O3/c1-4-8-16-14(18)10-17-15(19)12(3)20-13-7-5-6-11(2)9-13/h4-7,9,12H,1,8,10H2,2-3H3,(H,16,18)(H,17,19)/t12-/m0/s1. The summed E-state index contributed by atoms with van der Waals surface area (Å²) in [5.74, 6) is 0.0324. The summed E-state index contributed by atoms with van der Waals surface area (Å²) in [7, 11) is 0. The Bertz CT molecular complexity index is 486. The molecule has 1 rings (SSSR count). The van der Waals surface area contributed by atoms with Gasteiger partial charge >= 0.3 is 0 Å². The summed E-state index contributed by atoms with van der Waals surface area (Å²) < 4.78 is 5.51. The lowest BCUT2D eigenvalue weighted by Gasteiger charge is -2.14. The SMILES string of the molecule is C=CCNC(=O)CNC(=O)[C@H](C)Oc1cccc(C)c1. The predicted molar refractivity (Wildman–Crippen MR) is 77.5 cm³/mol. The molecule has 108 valence electrons. The first-order valence-corrected chi connectivity index (χ1v) is 6.41. The first-order chi connectivity index (χ1) is 9.52. The maximum atomic E-state index is 11.8. The van der Waals surface area contributed by atoms with Gasteiger partial charge in [0, 0.05) is 6.54 Å². The molecule has 0 unspecified atom stereocenters. The molecular weight excluding hydrogens is 256 g/mol. The minimum Gasteiger partial charge on any atom is -0.481 e. The minimum atomic E-state index is -0.663. The number of aryl methyl sites for hydroxylation is 1. The molecule has 0 saturated heterocycles. The van der Waals surface area contributed by atoms with Gasteiger partial charge in [-0.15, -0.1) is 6.58 Å². The van der Waals surface area contributed by atoms with Crippen LogP contribution < -0.4 is 15.4 Å². The van der Waals surface area contributed by atoms with E-state index in [1.165, 1.54) is 0 Å². The third kappa shape index (κ3) is 5.56. The highest BCUT2D eigenvalue weighted by Gasteiger charge is 2.15. The Morgan fingerprint density at radius 1 is 1.40 bits per heavy atom. The summed E-state index contributed by atoms with van der Waals surface area (Å²) in [4.78, 5) is 23.1. The average Bonchev–Trinajstić information content (AvgIpc) is 2.42. The van der Waals surface area contributed by atoms with Crippen LogP contribution in [-0.4, -0.2) is 31.0 Å². The molecule has 0 bridgehead atoms. The van der Waals surface area contributed by atoms with Crippen LogP contribution in [0.4, 0.5) is 0 Å². The van der Waals surface area contributed by atoms with E-state index in [4.69, 9.17) is 4.74 Å². The van der Waals surface area contributed by atoms with Crippen molar-refractivity contribution in [2.24, 2.45) is 0 Å². The Balaban J connectivity index is 2.39. The number of amides is 2. The zero-order chi connectivity index (χ0) is 15.0. The van der Waals surface area contributed by atoms with Crippen LogP contribution in [0, 0.1) is 6.92 Å². The van der Waals surface area contributed by atoms with Gasteiger partial charge in [-0.2, -0.15) is 0 Å². The van der Waals surface area contributed by atoms with Crippen LogP contribution in [0.2, 0.25) is 0 Å². The number of carbonyl (C=O) groups excluding carboxylic acids is 2. The van der Waals surface area contributed by atoms with Crippen molar-refractivity contribution in [2.75, 3.05) is 13.1 Å². The number of benzene rings is 1. The molecule has 0 aliphatic rings. The van der Waals surface area contributed by atoms with Gasteiger partial charge in [-0.05, 0) is 31.5 Å². The molecule has 0 fully saturated rings. The Labute approximate surface area is 119 Å². The number of carbonyl (C=O) groups is 2. The van der Waals surface area contributed by atoms with Gasteiger partial charge in [-0.1, -0.05) is 18.2 Å². The van der Waals surface area contributed by atoms with Crippen LogP contribution in [0.5, 0.6) is 5.75 Å². The zero-order valence-electron chi connectivity index (χ0n) is 11.8. The van der Waals surface area contributed by atoms with Crippen LogP contribution >= 0.6 is 0 Å². The molecule has 2 amide bonds. The highest BCUT2D eigenvalue weighted by atomic mass is 16.5. The van der Waals surface area contributed by atoms with Crippen LogP contribution in [0.3, 0.4) is 0 Å². The van der Waals surface area contributed by atoms with Gasteiger partial charge in [0.2, 0.25) is 5.91 Å². The van der Waals surface area contributed by atoms with Crippen LogP contribution in [-0.2, 0) is 9.59 Å². The fourth-order valence-electron chi connectivity index (χ4n) is 1.51. The maximum Gasteiger partial charge on any atom is 0.261 e. The van der Waals surface area contributed by atoms with Crippen molar-refractivity contribution in [3.8, 4) is 5.75 Å². The average molecular weight is 276 g/mol. The molecule has 0 heterocycles. The van der Waals surface area contributed by atoms with E-state index in [2.05, 4.69) is 17.2 Å². The number of hydrogen-bond acceptors (Lipinski definition) is 3. The normalized spacial score (nSPS) is 11.3. The fraction of sp³-hybridized carbons (Fsp3) is 0.333. The molecule has 0 aliphatic heterocycles. The van der Waals surface area contributed by atoms with Crippen molar-refractivity contribution in [3.63, 3.8) is 0 Å². The molecule has 0 saturated carbocycles. The topological polar surface area (TPSA) is 67.4 Å². The highest BCUT2D eigenvalue weighted by Crippen LogP contribution is 2.14. The minimum absolute atomic E-state index is 0.0752. The highest BCUT2D eigenvalue weighted by molar-refractivity contribution is 5.86. The smallest absolute Gasteiger partial charge is 0.261 e. The summed E-state index contributed by atoms with van der Waals surface area (Å²) in [6.07, 6.45) is 0.910. The van der Waals surface area contributed by atoms with E-state index in [0.29, 0.717) is 12.3 Å². The zero-order valence-corrected chi connectivity index (χ0v) is 11.8. The van der Waals surface area contributed by atoms with E-state index in [-0.39, 0.29) is 18.4 Å².